The van der Waals surface area contributed by atoms with E-state index in [2.05, 4.69) is 25.9 Å². The lowest BCUT2D eigenvalue weighted by molar-refractivity contribution is -0.175. The molecule has 0 saturated carbocycles. The maximum atomic E-state index is 14.6. The van der Waals surface area contributed by atoms with Gasteiger partial charge in [-0.05, 0) is 22.0 Å². The smallest absolute Gasteiger partial charge is 0.266 e. The van der Waals surface area contributed by atoms with Crippen LogP contribution < -0.4 is 0 Å². The zero-order valence-corrected chi connectivity index (χ0v) is 13.8. The van der Waals surface area contributed by atoms with Gasteiger partial charge in [-0.25, -0.2) is 9.37 Å². The van der Waals surface area contributed by atoms with Gasteiger partial charge in [-0.2, -0.15) is 0 Å². The molecule has 0 aliphatic carbocycles. The van der Waals surface area contributed by atoms with Crippen molar-refractivity contribution in [1.82, 2.24) is 9.97 Å². The Morgan fingerprint density at radius 1 is 1.50 bits per heavy atom. The van der Waals surface area contributed by atoms with Crippen molar-refractivity contribution in [3.63, 3.8) is 0 Å². The van der Waals surface area contributed by atoms with E-state index in [-0.39, 0.29) is 21.1 Å². The van der Waals surface area contributed by atoms with Crippen LogP contribution in [0, 0.1) is 0 Å². The fraction of sp³-hybridized carbons (Fsp3) is 0.417. The second kappa shape index (κ2) is 5.55. The summed E-state index contributed by atoms with van der Waals surface area (Å²) in [5, 5.41) is 28.9. The molecule has 0 radical (unpaired) electrons. The molecule has 1 fully saturated rings. The second-order valence-electron chi connectivity index (χ2n) is 4.92. The van der Waals surface area contributed by atoms with Crippen LogP contribution in [-0.4, -0.2) is 50.0 Å². The van der Waals surface area contributed by atoms with Gasteiger partial charge >= 0.3 is 0 Å². The first-order chi connectivity index (χ1) is 10.3. The number of hydrogen-bond donors (Lipinski definition) is 4. The third kappa shape index (κ3) is 2.34. The third-order valence-electron chi connectivity index (χ3n) is 3.56. The van der Waals surface area contributed by atoms with Gasteiger partial charge in [0.25, 0.3) is 5.85 Å². The van der Waals surface area contributed by atoms with Gasteiger partial charge in [0.2, 0.25) is 0 Å². The Labute approximate surface area is 141 Å². The van der Waals surface area contributed by atoms with E-state index in [4.69, 9.17) is 33.0 Å². The van der Waals surface area contributed by atoms with E-state index in [1.165, 1.54) is 6.07 Å². The van der Waals surface area contributed by atoms with Crippen molar-refractivity contribution < 1.29 is 24.4 Å². The molecule has 1 aromatic carbocycles. The van der Waals surface area contributed by atoms with E-state index < -0.39 is 30.8 Å². The summed E-state index contributed by atoms with van der Waals surface area (Å²) < 4.78 is 20.1. The first kappa shape index (κ1) is 16.4. The molecular formula is C12H10BrCl2FN2O4. The number of imidazole rings is 1. The number of aliphatic hydroxyl groups is 3. The predicted octanol–water partition coefficient (Wildman–Crippen LogP) is 2.08. The maximum absolute atomic E-state index is 14.6. The summed E-state index contributed by atoms with van der Waals surface area (Å²) in [6.07, 6.45) is -4.88. The first-order valence-corrected chi connectivity index (χ1v) is 7.71. The van der Waals surface area contributed by atoms with E-state index in [1.54, 1.807) is 0 Å². The molecule has 1 aliphatic rings. The number of benzene rings is 1. The van der Waals surface area contributed by atoms with Gasteiger partial charge in [0.15, 0.2) is 4.73 Å². The number of nitrogens with one attached hydrogen (secondary N) is 1. The number of hydrogen-bond acceptors (Lipinski definition) is 5. The Morgan fingerprint density at radius 2 is 2.18 bits per heavy atom. The van der Waals surface area contributed by atoms with Gasteiger partial charge < -0.3 is 25.0 Å². The molecule has 0 spiro atoms. The van der Waals surface area contributed by atoms with Gasteiger partial charge in [0.1, 0.15) is 18.3 Å². The molecule has 4 atom stereocenters. The summed E-state index contributed by atoms with van der Waals surface area (Å²) in [4.78, 5) is 6.96. The fourth-order valence-electron chi connectivity index (χ4n) is 2.50. The number of alkyl halides is 1. The Balaban J connectivity index is 2.23. The van der Waals surface area contributed by atoms with Crippen LogP contribution in [-0.2, 0) is 4.74 Å². The van der Waals surface area contributed by atoms with Crippen LogP contribution >= 0.6 is 39.1 Å². The number of nitrogens with zero attached hydrogens (tertiary/aromatic N) is 1. The third-order valence-corrected chi connectivity index (χ3v) is 4.74. The predicted molar refractivity (Wildman–Crippen MR) is 80.6 cm³/mol. The highest BCUT2D eigenvalue weighted by Gasteiger charge is 2.58. The van der Waals surface area contributed by atoms with E-state index in [1.807, 2.05) is 0 Å². The molecule has 0 amide bonds. The van der Waals surface area contributed by atoms with Crippen LogP contribution in [0.15, 0.2) is 10.8 Å². The SMILES string of the molecule is OC[C@H]1OC(c2c(Cl)c(Cl)cc3[nH]c(Br)nc23)[C@@](O)(F)[C@@H]1O. The quantitative estimate of drug-likeness (QED) is 0.602. The molecule has 4 N–H and O–H groups in total. The molecule has 1 unspecified atom stereocenters. The van der Waals surface area contributed by atoms with E-state index in [9.17, 15) is 14.6 Å². The Morgan fingerprint density at radius 3 is 2.77 bits per heavy atom. The Hall–Kier alpha value is -0.480. The molecule has 1 aliphatic heterocycles. The van der Waals surface area contributed by atoms with Crippen molar-refractivity contribution in [3.05, 3.63) is 26.4 Å². The van der Waals surface area contributed by atoms with Crippen LogP contribution in [0.2, 0.25) is 10.0 Å². The minimum atomic E-state index is -3.15. The Bertz CT molecular complexity index is 741. The highest BCUT2D eigenvalue weighted by atomic mass is 79.9. The Kier molecular flexibility index (Phi) is 4.14. The summed E-state index contributed by atoms with van der Waals surface area (Å²) in [5.41, 5.74) is 0.664. The van der Waals surface area contributed by atoms with Gasteiger partial charge in [0.05, 0.1) is 27.7 Å². The van der Waals surface area contributed by atoms with Gasteiger partial charge in [-0.1, -0.05) is 23.2 Å². The molecule has 3 rings (SSSR count). The minimum Gasteiger partial charge on any atom is -0.394 e. The van der Waals surface area contributed by atoms with Crippen molar-refractivity contribution in [2.45, 2.75) is 24.2 Å². The fourth-order valence-corrected chi connectivity index (χ4v) is 3.35. The first-order valence-electron chi connectivity index (χ1n) is 6.16. The van der Waals surface area contributed by atoms with Crippen LogP contribution in [0.5, 0.6) is 0 Å². The summed E-state index contributed by atoms with van der Waals surface area (Å²) in [7, 11) is 0. The molecule has 0 bridgehead atoms. The molecule has 2 aromatic rings. The topological polar surface area (TPSA) is 98.6 Å². The molecule has 2 heterocycles. The van der Waals surface area contributed by atoms with E-state index >= 15 is 0 Å². The monoisotopic (exact) mass is 414 g/mol. The van der Waals surface area contributed by atoms with Crippen molar-refractivity contribution in [2.24, 2.45) is 0 Å². The van der Waals surface area contributed by atoms with E-state index in [0.29, 0.717) is 10.3 Å². The van der Waals surface area contributed by atoms with Gasteiger partial charge in [-0.15, -0.1) is 0 Å². The number of ether oxygens (including phenoxy) is 1. The lowest BCUT2D eigenvalue weighted by Gasteiger charge is -2.23. The summed E-state index contributed by atoms with van der Waals surface area (Å²) >= 11 is 15.3. The lowest BCUT2D eigenvalue weighted by Crippen LogP contribution is -2.41. The lowest BCUT2D eigenvalue weighted by atomic mass is 9.98. The summed E-state index contributed by atoms with van der Waals surface area (Å²) in [6, 6.07) is 1.49. The number of rotatable bonds is 2. The number of aliphatic hydroxyl groups excluding tert-OH is 2. The molecule has 120 valence electrons. The minimum absolute atomic E-state index is 0.00823. The van der Waals surface area contributed by atoms with Gasteiger partial charge in [-0.3, -0.25) is 0 Å². The van der Waals surface area contributed by atoms with Crippen molar-refractivity contribution in [3.8, 4) is 0 Å². The molecule has 1 saturated heterocycles. The number of fused-ring (bicyclic) bond motifs is 1. The second-order valence-corrected chi connectivity index (χ2v) is 6.46. The zero-order valence-electron chi connectivity index (χ0n) is 10.7. The van der Waals surface area contributed by atoms with Crippen molar-refractivity contribution >= 4 is 50.2 Å². The molecular weight excluding hydrogens is 406 g/mol. The van der Waals surface area contributed by atoms with Crippen LogP contribution in [0.25, 0.3) is 11.0 Å². The number of H-pyrrole nitrogens is 1. The highest BCUT2D eigenvalue weighted by Crippen LogP contribution is 2.48. The maximum Gasteiger partial charge on any atom is 0.266 e. The average molecular weight is 416 g/mol. The highest BCUT2D eigenvalue weighted by molar-refractivity contribution is 9.10. The van der Waals surface area contributed by atoms with Crippen molar-refractivity contribution in [2.75, 3.05) is 6.61 Å². The van der Waals surface area contributed by atoms with Crippen LogP contribution in [0.3, 0.4) is 0 Å². The zero-order chi connectivity index (χ0) is 16.2. The number of halogens is 4. The molecule has 6 nitrogen and oxygen atoms in total. The van der Waals surface area contributed by atoms with Gasteiger partial charge in [0, 0.05) is 5.56 Å². The summed E-state index contributed by atoms with van der Waals surface area (Å²) in [5.74, 6) is -3.15. The molecule has 22 heavy (non-hydrogen) atoms. The number of aromatic nitrogens is 2. The largest absolute Gasteiger partial charge is 0.394 e. The average Bonchev–Trinajstić information content (AvgIpc) is 2.91. The molecule has 10 heteroatoms. The standard InChI is InChI=1S/C12H10BrCl2FN2O4/c13-11-17-4-1-3(14)7(15)6(8(4)18-11)10-12(16,21)9(20)5(2-19)22-10/h1,5,9-10,19-21H,2H2,(H,17,18)/t5-,9-,10?,12-/m1/s1. The van der Waals surface area contributed by atoms with Crippen molar-refractivity contribution in [1.29, 1.82) is 0 Å². The summed E-state index contributed by atoms with van der Waals surface area (Å²) in [6.45, 7) is -0.671. The number of aromatic amines is 1. The molecule has 1 aromatic heterocycles. The van der Waals surface area contributed by atoms with Crippen LogP contribution in [0.4, 0.5) is 4.39 Å². The van der Waals surface area contributed by atoms with E-state index in [0.717, 1.165) is 0 Å². The van der Waals surface area contributed by atoms with Crippen LogP contribution in [0.1, 0.15) is 11.7 Å². The normalized spacial score (nSPS) is 32.0.